The molecule has 1 aromatic rings. The first-order chi connectivity index (χ1) is 6.13. The summed E-state index contributed by atoms with van der Waals surface area (Å²) >= 11 is 1.48. The highest BCUT2D eigenvalue weighted by Crippen LogP contribution is 2.18. The van der Waals surface area contributed by atoms with Crippen molar-refractivity contribution < 1.29 is 4.79 Å². The van der Waals surface area contributed by atoms with E-state index in [4.69, 9.17) is 7.85 Å². The van der Waals surface area contributed by atoms with Crippen molar-refractivity contribution in [3.8, 4) is 0 Å². The van der Waals surface area contributed by atoms with Gasteiger partial charge in [0, 0.05) is 11.1 Å². The first-order valence-corrected chi connectivity index (χ1v) is 4.96. The molecule has 1 amide bonds. The van der Waals surface area contributed by atoms with E-state index in [-0.39, 0.29) is 5.91 Å². The van der Waals surface area contributed by atoms with Crippen LogP contribution in [0.5, 0.6) is 0 Å². The number of carbonyl (C=O) groups is 1. The van der Waals surface area contributed by atoms with Gasteiger partial charge in [0.05, 0.1) is 7.85 Å². The zero-order chi connectivity index (χ0) is 9.84. The summed E-state index contributed by atoms with van der Waals surface area (Å²) in [6.45, 7) is 3.69. The Bertz CT molecular complexity index is 298. The van der Waals surface area contributed by atoms with Gasteiger partial charge in [0.2, 0.25) is 5.91 Å². The molecule has 3 nitrogen and oxygen atoms in total. The summed E-state index contributed by atoms with van der Waals surface area (Å²) in [5.74, 6) is -0.689. The fourth-order valence-corrected chi connectivity index (χ4v) is 1.50. The predicted molar refractivity (Wildman–Crippen MR) is 55.3 cm³/mol. The first-order valence-electron chi connectivity index (χ1n) is 4.14. The number of aryl methyl sites for hydroxylation is 1. The normalized spacial score (nSPS) is 12.5. The van der Waals surface area contributed by atoms with Crippen LogP contribution < -0.4 is 5.32 Å². The predicted octanol–water partition coefficient (Wildman–Crippen LogP) is 1.62. The molecule has 2 radical (unpaired) electrons. The summed E-state index contributed by atoms with van der Waals surface area (Å²) in [5, 5.41) is 3.26. The van der Waals surface area contributed by atoms with Gasteiger partial charge in [0.1, 0.15) is 0 Å². The zero-order valence-electron chi connectivity index (χ0n) is 7.70. The number of rotatable bonds is 3. The Morgan fingerprint density at radius 3 is 3.00 bits per heavy atom. The van der Waals surface area contributed by atoms with Crippen molar-refractivity contribution in [2.75, 3.05) is 5.32 Å². The number of anilines is 1. The maximum absolute atomic E-state index is 11.1. The number of nitrogens with zero attached hydrogens (tertiary/aromatic N) is 1. The van der Waals surface area contributed by atoms with Gasteiger partial charge in [-0.3, -0.25) is 4.79 Å². The van der Waals surface area contributed by atoms with E-state index in [2.05, 4.69) is 10.3 Å². The molecule has 0 saturated heterocycles. The van der Waals surface area contributed by atoms with E-state index in [0.29, 0.717) is 5.13 Å². The molecule has 1 N–H and O–H groups in total. The van der Waals surface area contributed by atoms with Gasteiger partial charge in [-0.15, -0.1) is 11.3 Å². The summed E-state index contributed by atoms with van der Waals surface area (Å²) in [4.78, 5) is 16.3. The summed E-state index contributed by atoms with van der Waals surface area (Å²) in [6.07, 6.45) is 2.70. The van der Waals surface area contributed by atoms with Crippen LogP contribution in [0.1, 0.15) is 18.7 Å². The molecular weight excluding hydrogens is 183 g/mol. The van der Waals surface area contributed by atoms with Crippen LogP contribution in [0, 0.1) is 0 Å². The highest BCUT2D eigenvalue weighted by molar-refractivity contribution is 7.15. The van der Waals surface area contributed by atoms with E-state index >= 15 is 0 Å². The molecule has 0 aliphatic rings. The molecule has 68 valence electrons. The Labute approximate surface area is 83.0 Å². The second-order valence-corrected chi connectivity index (χ2v) is 3.88. The minimum Gasteiger partial charge on any atom is -0.302 e. The number of aromatic nitrogens is 1. The number of hydrogen-bond donors (Lipinski definition) is 1. The molecule has 13 heavy (non-hydrogen) atoms. The maximum Gasteiger partial charge on any atom is 0.220 e. The van der Waals surface area contributed by atoms with Crippen LogP contribution in [0.3, 0.4) is 0 Å². The van der Waals surface area contributed by atoms with Crippen molar-refractivity contribution in [3.05, 3.63) is 11.1 Å². The van der Waals surface area contributed by atoms with Gasteiger partial charge in [0.25, 0.3) is 0 Å². The third-order valence-electron chi connectivity index (χ3n) is 1.55. The SMILES string of the molecule is [B]C(C)C(=O)Nc1ncc(CC)s1. The molecule has 0 aliphatic heterocycles. The standard InChI is InChI=1S/C8H11BN2OS/c1-3-6-4-10-8(13-6)11-7(12)5(2)9/h4-5H,3H2,1-2H3,(H,10,11,12). The van der Waals surface area contributed by atoms with Crippen molar-refractivity contribution >= 4 is 30.2 Å². The average molecular weight is 194 g/mol. The molecule has 0 spiro atoms. The van der Waals surface area contributed by atoms with Crippen molar-refractivity contribution in [1.82, 2.24) is 4.98 Å². The number of carbonyl (C=O) groups excluding carboxylic acids is 1. The van der Waals surface area contributed by atoms with E-state index in [0.717, 1.165) is 11.3 Å². The van der Waals surface area contributed by atoms with Crippen LogP contribution in [0.25, 0.3) is 0 Å². The molecule has 1 aromatic heterocycles. The Kier molecular flexibility index (Phi) is 3.48. The van der Waals surface area contributed by atoms with E-state index in [9.17, 15) is 4.79 Å². The Morgan fingerprint density at radius 1 is 1.85 bits per heavy atom. The average Bonchev–Trinajstić information content (AvgIpc) is 2.52. The van der Waals surface area contributed by atoms with E-state index < -0.39 is 5.82 Å². The summed E-state index contributed by atoms with van der Waals surface area (Å²) in [5.41, 5.74) is 0. The van der Waals surface area contributed by atoms with Crippen molar-refractivity contribution in [1.29, 1.82) is 0 Å². The molecular formula is C8H11BN2OS. The van der Waals surface area contributed by atoms with Gasteiger partial charge in [-0.25, -0.2) is 4.98 Å². The quantitative estimate of drug-likeness (QED) is 0.742. The Hall–Kier alpha value is -0.835. The van der Waals surface area contributed by atoms with Gasteiger partial charge in [0.15, 0.2) is 5.13 Å². The topological polar surface area (TPSA) is 42.0 Å². The van der Waals surface area contributed by atoms with Gasteiger partial charge in [-0.2, -0.15) is 0 Å². The fourth-order valence-electron chi connectivity index (χ4n) is 0.748. The highest BCUT2D eigenvalue weighted by atomic mass is 32.1. The molecule has 0 bridgehead atoms. The van der Waals surface area contributed by atoms with Crippen LogP contribution >= 0.6 is 11.3 Å². The van der Waals surface area contributed by atoms with Crippen molar-refractivity contribution in [3.63, 3.8) is 0 Å². The summed E-state index contributed by atoms with van der Waals surface area (Å²) in [6, 6.07) is 0. The lowest BCUT2D eigenvalue weighted by molar-refractivity contribution is -0.115. The second kappa shape index (κ2) is 4.41. The van der Waals surface area contributed by atoms with Crippen LogP contribution in [0.4, 0.5) is 5.13 Å². The second-order valence-electron chi connectivity index (χ2n) is 2.76. The van der Waals surface area contributed by atoms with Crippen LogP contribution in [0.2, 0.25) is 5.82 Å². The van der Waals surface area contributed by atoms with Crippen LogP contribution in [-0.2, 0) is 11.2 Å². The number of hydrogen-bond acceptors (Lipinski definition) is 3. The third kappa shape index (κ3) is 2.84. The maximum atomic E-state index is 11.1. The van der Waals surface area contributed by atoms with Crippen LogP contribution in [-0.4, -0.2) is 18.7 Å². The minimum absolute atomic E-state index is 0.197. The molecule has 5 heteroatoms. The first kappa shape index (κ1) is 10.2. The lowest BCUT2D eigenvalue weighted by Crippen LogP contribution is -2.15. The lowest BCUT2D eigenvalue weighted by atomic mass is 9.89. The third-order valence-corrected chi connectivity index (χ3v) is 2.60. The molecule has 1 unspecified atom stereocenters. The van der Waals surface area contributed by atoms with Crippen molar-refractivity contribution in [2.24, 2.45) is 0 Å². The highest BCUT2D eigenvalue weighted by Gasteiger charge is 2.08. The fraction of sp³-hybridized carbons (Fsp3) is 0.500. The molecule has 1 atom stereocenters. The van der Waals surface area contributed by atoms with Crippen LogP contribution in [0.15, 0.2) is 6.20 Å². The van der Waals surface area contributed by atoms with Gasteiger partial charge < -0.3 is 5.32 Å². The van der Waals surface area contributed by atoms with Gasteiger partial charge in [-0.05, 0) is 12.2 Å². The largest absolute Gasteiger partial charge is 0.302 e. The molecule has 0 saturated carbocycles. The summed E-state index contributed by atoms with van der Waals surface area (Å²) < 4.78 is 0. The molecule has 1 heterocycles. The molecule has 1 rings (SSSR count). The lowest BCUT2D eigenvalue weighted by Gasteiger charge is -2.03. The minimum atomic E-state index is -0.492. The Balaban J connectivity index is 2.59. The van der Waals surface area contributed by atoms with Gasteiger partial charge >= 0.3 is 0 Å². The van der Waals surface area contributed by atoms with Crippen molar-refractivity contribution in [2.45, 2.75) is 26.1 Å². The molecule has 0 fully saturated rings. The molecule has 0 aromatic carbocycles. The van der Waals surface area contributed by atoms with E-state index in [1.165, 1.54) is 11.3 Å². The smallest absolute Gasteiger partial charge is 0.220 e. The van der Waals surface area contributed by atoms with E-state index in [1.54, 1.807) is 13.1 Å². The number of nitrogens with one attached hydrogen (secondary N) is 1. The Morgan fingerprint density at radius 2 is 2.54 bits per heavy atom. The van der Waals surface area contributed by atoms with E-state index in [1.807, 2.05) is 6.92 Å². The monoisotopic (exact) mass is 194 g/mol. The number of amides is 1. The zero-order valence-corrected chi connectivity index (χ0v) is 8.52. The molecule has 0 aliphatic carbocycles. The van der Waals surface area contributed by atoms with Gasteiger partial charge in [-0.1, -0.05) is 13.8 Å². The summed E-state index contributed by atoms with van der Waals surface area (Å²) in [7, 11) is 5.39. The number of thiazole rings is 1.